The molecule has 0 N–H and O–H groups in total. The van der Waals surface area contributed by atoms with Gasteiger partial charge in [-0.25, -0.2) is 0 Å². The van der Waals surface area contributed by atoms with Crippen molar-refractivity contribution in [3.05, 3.63) is 35.9 Å². The molecule has 2 rings (SSSR count). The molecule has 14 heavy (non-hydrogen) atoms. The molecule has 0 radical (unpaired) electrons. The molecular weight excluding hydrogens is 194 g/mol. The van der Waals surface area contributed by atoms with Crippen LogP contribution in [0.1, 0.15) is 17.9 Å². The summed E-state index contributed by atoms with van der Waals surface area (Å²) in [5, 5.41) is 0.230. The number of carbonyl (C=O) groups is 1. The Hall–Kier alpha value is -0.960. The molecule has 1 fully saturated rings. The highest BCUT2D eigenvalue weighted by Gasteiger charge is 2.27. The minimum absolute atomic E-state index is 0.170. The van der Waals surface area contributed by atoms with Crippen LogP contribution in [-0.4, -0.2) is 23.1 Å². The fourth-order valence-corrected chi connectivity index (χ4v) is 3.00. The highest BCUT2D eigenvalue weighted by molar-refractivity contribution is 7.99. The summed E-state index contributed by atoms with van der Waals surface area (Å²) in [6, 6.07) is 10.2. The molecule has 1 amide bonds. The fourth-order valence-electron chi connectivity index (χ4n) is 1.69. The van der Waals surface area contributed by atoms with Crippen LogP contribution in [0.25, 0.3) is 0 Å². The summed E-state index contributed by atoms with van der Waals surface area (Å²) < 4.78 is 0. The van der Waals surface area contributed by atoms with Gasteiger partial charge in [0, 0.05) is 19.2 Å². The first-order chi connectivity index (χ1) is 6.79. The maximum Gasteiger partial charge on any atom is 0.220 e. The van der Waals surface area contributed by atoms with E-state index in [9.17, 15) is 4.79 Å². The Bertz CT molecular complexity index is 325. The van der Waals surface area contributed by atoms with Gasteiger partial charge in [0.2, 0.25) is 5.91 Å². The molecule has 1 heterocycles. The summed E-state index contributed by atoms with van der Waals surface area (Å²) in [5.41, 5.74) is 1.23. The van der Waals surface area contributed by atoms with Crippen molar-refractivity contribution in [3.63, 3.8) is 0 Å². The standard InChI is InChI=1S/C11H13NOS/c1-9(13)12-7-8-14-11(12)10-5-3-2-4-6-10/h2-6,11H,7-8H2,1H3. The lowest BCUT2D eigenvalue weighted by atomic mass is 10.2. The smallest absolute Gasteiger partial charge is 0.220 e. The number of hydrogen-bond acceptors (Lipinski definition) is 2. The lowest BCUT2D eigenvalue weighted by molar-refractivity contribution is -0.128. The summed E-state index contributed by atoms with van der Waals surface area (Å²) in [6.45, 7) is 2.52. The van der Waals surface area contributed by atoms with Gasteiger partial charge in [0.1, 0.15) is 5.37 Å². The van der Waals surface area contributed by atoms with Crippen molar-refractivity contribution in [2.24, 2.45) is 0 Å². The van der Waals surface area contributed by atoms with E-state index >= 15 is 0 Å². The molecule has 0 spiro atoms. The highest BCUT2D eigenvalue weighted by Crippen LogP contribution is 2.37. The quantitative estimate of drug-likeness (QED) is 0.704. The molecule has 3 heteroatoms. The van der Waals surface area contributed by atoms with Crippen molar-refractivity contribution in [2.75, 3.05) is 12.3 Å². The van der Waals surface area contributed by atoms with Gasteiger partial charge in [0.25, 0.3) is 0 Å². The first kappa shape index (κ1) is 9.59. The zero-order chi connectivity index (χ0) is 9.97. The van der Waals surface area contributed by atoms with Crippen molar-refractivity contribution < 1.29 is 4.79 Å². The lowest BCUT2D eigenvalue weighted by Crippen LogP contribution is -2.27. The number of benzene rings is 1. The van der Waals surface area contributed by atoms with Crippen molar-refractivity contribution in [2.45, 2.75) is 12.3 Å². The Morgan fingerprint density at radius 3 is 2.79 bits per heavy atom. The molecule has 0 aliphatic carbocycles. The first-order valence-corrected chi connectivity index (χ1v) is 5.77. The average Bonchev–Trinajstić information content (AvgIpc) is 2.67. The van der Waals surface area contributed by atoms with Crippen molar-refractivity contribution >= 4 is 17.7 Å². The molecule has 1 aliphatic heterocycles. The molecule has 1 saturated heterocycles. The van der Waals surface area contributed by atoms with Crippen LogP contribution in [0.3, 0.4) is 0 Å². The van der Waals surface area contributed by atoms with E-state index in [1.165, 1.54) is 5.56 Å². The summed E-state index contributed by atoms with van der Waals surface area (Å²) >= 11 is 1.84. The molecule has 1 atom stereocenters. The van der Waals surface area contributed by atoms with E-state index in [2.05, 4.69) is 12.1 Å². The number of hydrogen-bond donors (Lipinski definition) is 0. The van der Waals surface area contributed by atoms with E-state index in [4.69, 9.17) is 0 Å². The van der Waals surface area contributed by atoms with Crippen molar-refractivity contribution in [1.29, 1.82) is 0 Å². The predicted octanol–water partition coefficient (Wildman–Crippen LogP) is 2.28. The van der Waals surface area contributed by atoms with Gasteiger partial charge in [-0.05, 0) is 5.56 Å². The molecule has 74 valence electrons. The zero-order valence-electron chi connectivity index (χ0n) is 8.14. The fraction of sp³-hybridized carbons (Fsp3) is 0.364. The van der Waals surface area contributed by atoms with Gasteiger partial charge >= 0.3 is 0 Å². The van der Waals surface area contributed by atoms with Gasteiger partial charge in [0.15, 0.2) is 0 Å². The van der Waals surface area contributed by atoms with Crippen LogP contribution in [0.5, 0.6) is 0 Å². The normalized spacial score (nSPS) is 21.2. The second-order valence-corrected chi connectivity index (χ2v) is 4.53. The van der Waals surface area contributed by atoms with Crippen molar-refractivity contribution in [1.82, 2.24) is 4.90 Å². The molecule has 2 nitrogen and oxygen atoms in total. The van der Waals surface area contributed by atoms with Gasteiger partial charge in [0.05, 0.1) is 0 Å². The number of amides is 1. The third-order valence-electron chi connectivity index (χ3n) is 2.38. The molecule has 0 bridgehead atoms. The van der Waals surface area contributed by atoms with Gasteiger partial charge in [-0.3, -0.25) is 4.79 Å². The highest BCUT2D eigenvalue weighted by atomic mass is 32.2. The average molecular weight is 207 g/mol. The largest absolute Gasteiger partial charge is 0.326 e. The molecule has 0 aromatic heterocycles. The minimum Gasteiger partial charge on any atom is -0.326 e. The summed E-state index contributed by atoms with van der Waals surface area (Å²) in [7, 11) is 0. The summed E-state index contributed by atoms with van der Waals surface area (Å²) in [6.07, 6.45) is 0. The zero-order valence-corrected chi connectivity index (χ0v) is 8.96. The molecule has 1 aliphatic rings. The molecule has 1 unspecified atom stereocenters. The van der Waals surface area contributed by atoms with E-state index in [0.29, 0.717) is 0 Å². The Morgan fingerprint density at radius 2 is 2.14 bits per heavy atom. The van der Waals surface area contributed by atoms with Crippen molar-refractivity contribution in [3.8, 4) is 0 Å². The van der Waals surface area contributed by atoms with Crippen LogP contribution < -0.4 is 0 Å². The Labute approximate surface area is 88.3 Å². The van der Waals surface area contributed by atoms with Gasteiger partial charge in [-0.1, -0.05) is 30.3 Å². The molecule has 0 saturated carbocycles. The van der Waals surface area contributed by atoms with E-state index in [0.717, 1.165) is 12.3 Å². The number of carbonyl (C=O) groups excluding carboxylic acids is 1. The van der Waals surface area contributed by atoms with Gasteiger partial charge in [-0.15, -0.1) is 11.8 Å². The Kier molecular flexibility index (Phi) is 2.77. The summed E-state index contributed by atoms with van der Waals surface area (Å²) in [5.74, 6) is 1.21. The van der Waals surface area contributed by atoms with Crippen LogP contribution in [0.15, 0.2) is 30.3 Å². The predicted molar refractivity (Wildman–Crippen MR) is 59.0 cm³/mol. The monoisotopic (exact) mass is 207 g/mol. The topological polar surface area (TPSA) is 20.3 Å². The molecule has 1 aromatic rings. The van der Waals surface area contributed by atoms with E-state index in [-0.39, 0.29) is 11.3 Å². The van der Waals surface area contributed by atoms with E-state index < -0.39 is 0 Å². The number of thioether (sulfide) groups is 1. The Balaban J connectivity index is 2.22. The Morgan fingerprint density at radius 1 is 1.43 bits per heavy atom. The van der Waals surface area contributed by atoms with E-state index in [1.807, 2.05) is 34.9 Å². The molecule has 1 aromatic carbocycles. The van der Waals surface area contributed by atoms with E-state index in [1.54, 1.807) is 6.92 Å². The minimum atomic E-state index is 0.170. The van der Waals surface area contributed by atoms with Crippen LogP contribution in [0.4, 0.5) is 0 Å². The van der Waals surface area contributed by atoms with Gasteiger partial charge < -0.3 is 4.90 Å². The maximum absolute atomic E-state index is 11.3. The second kappa shape index (κ2) is 4.05. The second-order valence-electron chi connectivity index (χ2n) is 3.35. The van der Waals surface area contributed by atoms with Crippen LogP contribution in [-0.2, 0) is 4.79 Å². The van der Waals surface area contributed by atoms with Crippen LogP contribution >= 0.6 is 11.8 Å². The number of nitrogens with zero attached hydrogens (tertiary/aromatic N) is 1. The van der Waals surface area contributed by atoms with Crippen LogP contribution in [0.2, 0.25) is 0 Å². The molecular formula is C11H13NOS. The SMILES string of the molecule is CC(=O)N1CCSC1c1ccccc1. The third-order valence-corrected chi connectivity index (χ3v) is 3.64. The third kappa shape index (κ3) is 1.77. The maximum atomic E-state index is 11.3. The lowest BCUT2D eigenvalue weighted by Gasteiger charge is -2.22. The van der Waals surface area contributed by atoms with Gasteiger partial charge in [-0.2, -0.15) is 0 Å². The summed E-state index contributed by atoms with van der Waals surface area (Å²) in [4.78, 5) is 13.3. The number of rotatable bonds is 1. The first-order valence-electron chi connectivity index (χ1n) is 4.73. The van der Waals surface area contributed by atoms with Crippen LogP contribution in [0, 0.1) is 0 Å².